The molecule has 0 radical (unpaired) electrons. The van der Waals surface area contributed by atoms with Crippen LogP contribution in [-0.4, -0.2) is 29.4 Å². The van der Waals surface area contributed by atoms with Gasteiger partial charge in [-0.05, 0) is 53.3 Å². The molecule has 4 aromatic rings. The molecule has 0 saturated heterocycles. The molecular formula is C29H28N2O2S. The third kappa shape index (κ3) is 4.72. The number of nitrogens with two attached hydrogens (primary N) is 1. The minimum absolute atomic E-state index is 0.130. The zero-order chi connectivity index (χ0) is 23.5. The van der Waals surface area contributed by atoms with E-state index in [0.717, 1.165) is 29.4 Å². The molecule has 0 saturated carbocycles. The molecular weight excluding hydrogens is 440 g/mol. The summed E-state index contributed by atoms with van der Waals surface area (Å²) in [7, 11) is 0. The summed E-state index contributed by atoms with van der Waals surface area (Å²) in [6.45, 7) is 2.15. The number of fused-ring (bicyclic) bond motifs is 3. The van der Waals surface area contributed by atoms with Gasteiger partial charge in [0.05, 0.1) is 17.4 Å². The first kappa shape index (κ1) is 22.6. The van der Waals surface area contributed by atoms with Crippen molar-refractivity contribution >= 4 is 28.6 Å². The number of para-hydroxylation sites is 1. The maximum absolute atomic E-state index is 12.1. The first-order valence-electron chi connectivity index (χ1n) is 11.7. The summed E-state index contributed by atoms with van der Waals surface area (Å²) in [4.78, 5) is 17.0. The number of nitrogens with zero attached hydrogens (tertiary/aromatic N) is 1. The van der Waals surface area contributed by atoms with Crippen molar-refractivity contribution in [2.24, 2.45) is 5.73 Å². The molecule has 5 rings (SSSR count). The van der Waals surface area contributed by atoms with Gasteiger partial charge in [0.15, 0.2) is 0 Å². The van der Waals surface area contributed by atoms with Crippen LogP contribution >= 0.6 is 11.8 Å². The first-order chi connectivity index (χ1) is 16.6. The van der Waals surface area contributed by atoms with Crippen LogP contribution in [0.15, 0.2) is 78.9 Å². The number of pyridine rings is 1. The number of rotatable bonds is 7. The average Bonchev–Trinajstić information content (AvgIpc) is 2.86. The predicted octanol–water partition coefficient (Wildman–Crippen LogP) is 5.44. The first-order valence-corrected chi connectivity index (χ1v) is 12.7. The summed E-state index contributed by atoms with van der Waals surface area (Å²) in [6.07, 6.45) is 1.69. The van der Waals surface area contributed by atoms with Gasteiger partial charge in [0.2, 0.25) is 0 Å². The Labute approximate surface area is 204 Å². The Hall–Kier alpha value is -3.15. The lowest BCUT2D eigenvalue weighted by Crippen LogP contribution is -2.35. The molecule has 1 aliphatic carbocycles. The van der Waals surface area contributed by atoms with E-state index in [2.05, 4.69) is 66.7 Å². The van der Waals surface area contributed by atoms with Crippen molar-refractivity contribution in [3.05, 3.63) is 112 Å². The summed E-state index contributed by atoms with van der Waals surface area (Å²) in [5, 5.41) is 1.28. The van der Waals surface area contributed by atoms with Crippen LogP contribution in [0.3, 0.4) is 0 Å². The van der Waals surface area contributed by atoms with Crippen molar-refractivity contribution in [1.29, 1.82) is 0 Å². The van der Waals surface area contributed by atoms with E-state index in [1.54, 1.807) is 18.7 Å². The van der Waals surface area contributed by atoms with Crippen LogP contribution in [0.2, 0.25) is 0 Å². The molecule has 0 unspecified atom stereocenters. The Balaban J connectivity index is 1.43. The summed E-state index contributed by atoms with van der Waals surface area (Å²) in [5.41, 5.74) is 14.7. The Bertz CT molecular complexity index is 1340. The molecule has 0 fully saturated rings. The van der Waals surface area contributed by atoms with Gasteiger partial charge in [0.25, 0.3) is 0 Å². The van der Waals surface area contributed by atoms with E-state index in [-0.39, 0.29) is 11.2 Å². The third-order valence-corrected chi connectivity index (χ3v) is 7.68. The number of hydrogen-bond donors (Lipinski definition) is 1. The minimum atomic E-state index is -0.632. The van der Waals surface area contributed by atoms with E-state index in [4.69, 9.17) is 15.5 Å². The minimum Gasteiger partial charge on any atom is -0.465 e. The lowest BCUT2D eigenvalue weighted by atomic mass is 9.84. The fourth-order valence-electron chi connectivity index (χ4n) is 4.60. The summed E-state index contributed by atoms with van der Waals surface area (Å²) < 4.78 is 5.11. The fraction of sp³-hybridized carbons (Fsp3) is 0.241. The van der Waals surface area contributed by atoms with Gasteiger partial charge in [-0.1, -0.05) is 66.7 Å². The van der Waals surface area contributed by atoms with Crippen LogP contribution in [0.1, 0.15) is 45.7 Å². The molecule has 0 spiro atoms. The topological polar surface area (TPSA) is 65.2 Å². The number of hydrogen-bond acceptors (Lipinski definition) is 5. The van der Waals surface area contributed by atoms with Crippen molar-refractivity contribution < 1.29 is 9.53 Å². The largest absolute Gasteiger partial charge is 0.465 e. The van der Waals surface area contributed by atoms with Crippen LogP contribution in [0.5, 0.6) is 0 Å². The SMILES string of the molecule is CCOC(=O)[C@@H](N)CS[C@H]1c2ccccc2Cc2ccc(Cc3ccc4ccccc4n3)cc21. The van der Waals surface area contributed by atoms with E-state index < -0.39 is 6.04 Å². The monoisotopic (exact) mass is 468 g/mol. The Morgan fingerprint density at radius 2 is 1.82 bits per heavy atom. The molecule has 2 N–H and O–H groups in total. The molecule has 1 aromatic heterocycles. The molecule has 0 amide bonds. The number of thioether (sulfide) groups is 1. The maximum atomic E-state index is 12.1. The number of carbonyl (C=O) groups is 1. The quantitative estimate of drug-likeness (QED) is 0.366. The van der Waals surface area contributed by atoms with Gasteiger partial charge in [0.1, 0.15) is 6.04 Å². The second-order valence-corrected chi connectivity index (χ2v) is 9.79. The molecule has 1 heterocycles. The lowest BCUT2D eigenvalue weighted by molar-refractivity contribution is -0.144. The summed E-state index contributed by atoms with van der Waals surface area (Å²) in [5.74, 6) is 0.170. The van der Waals surface area contributed by atoms with E-state index in [1.165, 1.54) is 27.8 Å². The van der Waals surface area contributed by atoms with Crippen LogP contribution in [-0.2, 0) is 22.4 Å². The highest BCUT2D eigenvalue weighted by Crippen LogP contribution is 2.44. The van der Waals surface area contributed by atoms with Crippen molar-refractivity contribution in [2.45, 2.75) is 31.1 Å². The zero-order valence-corrected chi connectivity index (χ0v) is 20.1. The van der Waals surface area contributed by atoms with E-state index in [9.17, 15) is 4.79 Å². The van der Waals surface area contributed by atoms with E-state index in [0.29, 0.717) is 12.4 Å². The lowest BCUT2D eigenvalue weighted by Gasteiger charge is -2.29. The highest BCUT2D eigenvalue weighted by Gasteiger charge is 2.27. The van der Waals surface area contributed by atoms with Gasteiger partial charge in [-0.3, -0.25) is 9.78 Å². The molecule has 0 bridgehead atoms. The molecule has 34 heavy (non-hydrogen) atoms. The van der Waals surface area contributed by atoms with Gasteiger partial charge in [0, 0.05) is 23.3 Å². The third-order valence-electron chi connectivity index (χ3n) is 6.28. The van der Waals surface area contributed by atoms with E-state index >= 15 is 0 Å². The average molecular weight is 469 g/mol. The number of benzene rings is 3. The molecule has 3 aromatic carbocycles. The van der Waals surface area contributed by atoms with Gasteiger partial charge in [-0.15, -0.1) is 11.8 Å². The molecule has 0 aliphatic heterocycles. The van der Waals surface area contributed by atoms with Crippen molar-refractivity contribution in [2.75, 3.05) is 12.4 Å². The molecule has 2 atom stereocenters. The molecule has 5 heteroatoms. The van der Waals surface area contributed by atoms with Crippen molar-refractivity contribution in [3.63, 3.8) is 0 Å². The smallest absolute Gasteiger partial charge is 0.323 e. The van der Waals surface area contributed by atoms with Crippen LogP contribution in [0.4, 0.5) is 0 Å². The predicted molar refractivity (Wildman–Crippen MR) is 139 cm³/mol. The number of carbonyl (C=O) groups excluding carboxylic acids is 1. The second kappa shape index (κ2) is 10.00. The Morgan fingerprint density at radius 1 is 1.03 bits per heavy atom. The van der Waals surface area contributed by atoms with Gasteiger partial charge >= 0.3 is 5.97 Å². The molecule has 4 nitrogen and oxygen atoms in total. The molecule has 172 valence electrons. The second-order valence-electron chi connectivity index (χ2n) is 8.65. The maximum Gasteiger partial charge on any atom is 0.323 e. The van der Waals surface area contributed by atoms with Gasteiger partial charge in [-0.2, -0.15) is 0 Å². The van der Waals surface area contributed by atoms with Crippen LogP contribution < -0.4 is 5.73 Å². The standard InChI is InChI=1S/C29H28N2O2S/c1-2-33-29(32)26(30)18-34-28-24-9-5-3-8-21(24)17-22-12-11-19(16-25(22)28)15-23-14-13-20-7-4-6-10-27(20)31-23/h3-14,16,26,28H,2,15,17-18,30H2,1H3/t26-,28-/m0/s1. The van der Waals surface area contributed by atoms with Crippen molar-refractivity contribution in [3.8, 4) is 0 Å². The van der Waals surface area contributed by atoms with E-state index in [1.807, 2.05) is 12.1 Å². The normalized spacial score (nSPS) is 15.4. The summed E-state index contributed by atoms with van der Waals surface area (Å²) >= 11 is 1.72. The number of esters is 1. The summed E-state index contributed by atoms with van der Waals surface area (Å²) in [6, 6.07) is 27.2. The van der Waals surface area contributed by atoms with Crippen LogP contribution in [0, 0.1) is 0 Å². The Kier molecular flexibility index (Phi) is 6.66. The number of ether oxygens (including phenoxy) is 1. The van der Waals surface area contributed by atoms with Crippen molar-refractivity contribution in [1.82, 2.24) is 4.98 Å². The Morgan fingerprint density at radius 3 is 2.71 bits per heavy atom. The van der Waals surface area contributed by atoms with Crippen LogP contribution in [0.25, 0.3) is 10.9 Å². The van der Waals surface area contributed by atoms with Gasteiger partial charge in [-0.25, -0.2) is 0 Å². The number of aromatic nitrogens is 1. The zero-order valence-electron chi connectivity index (χ0n) is 19.2. The highest BCUT2D eigenvalue weighted by molar-refractivity contribution is 7.99. The fourth-order valence-corrected chi connectivity index (χ4v) is 5.94. The highest BCUT2D eigenvalue weighted by atomic mass is 32.2. The molecule has 1 aliphatic rings. The van der Waals surface area contributed by atoms with Gasteiger partial charge < -0.3 is 10.5 Å².